The second-order valence-corrected chi connectivity index (χ2v) is 3.58. The van der Waals surface area contributed by atoms with Crippen LogP contribution in [0.3, 0.4) is 0 Å². The smallest absolute Gasteiger partial charge is 0.0535 e. The van der Waals surface area contributed by atoms with Crippen LogP contribution in [-0.2, 0) is 4.74 Å². The zero-order valence-corrected chi connectivity index (χ0v) is 6.36. The molecule has 0 aromatic heterocycles. The standard InChI is InChI=1S/C8H15NO/c1-2-8(7-10-5-1)3-4-9-6-8/h9H,1-7H2/t8-/m0/s1. The summed E-state index contributed by atoms with van der Waals surface area (Å²) in [7, 11) is 0. The van der Waals surface area contributed by atoms with Crippen molar-refractivity contribution in [3.05, 3.63) is 0 Å². The predicted molar refractivity (Wildman–Crippen MR) is 40.0 cm³/mol. The van der Waals surface area contributed by atoms with E-state index in [2.05, 4.69) is 5.32 Å². The number of nitrogens with one attached hydrogen (secondary N) is 1. The normalized spacial score (nSPS) is 40.8. The largest absolute Gasteiger partial charge is 0.381 e. The minimum Gasteiger partial charge on any atom is -0.381 e. The van der Waals surface area contributed by atoms with Crippen LogP contribution in [0.25, 0.3) is 0 Å². The lowest BCUT2D eigenvalue weighted by Crippen LogP contribution is -2.33. The Labute approximate surface area is 61.9 Å². The fourth-order valence-electron chi connectivity index (χ4n) is 2.04. The molecule has 2 heterocycles. The van der Waals surface area contributed by atoms with Gasteiger partial charge >= 0.3 is 0 Å². The quantitative estimate of drug-likeness (QED) is 0.538. The summed E-state index contributed by atoms with van der Waals surface area (Å²) in [5.41, 5.74) is 0.540. The van der Waals surface area contributed by atoms with E-state index < -0.39 is 0 Å². The molecule has 0 amide bonds. The number of hydrogen-bond donors (Lipinski definition) is 1. The van der Waals surface area contributed by atoms with E-state index >= 15 is 0 Å². The molecule has 0 saturated carbocycles. The highest BCUT2D eigenvalue weighted by Gasteiger charge is 2.35. The first kappa shape index (κ1) is 6.62. The first-order valence-corrected chi connectivity index (χ1v) is 4.20. The van der Waals surface area contributed by atoms with Crippen molar-refractivity contribution in [2.24, 2.45) is 5.41 Å². The first-order valence-electron chi connectivity index (χ1n) is 4.20. The van der Waals surface area contributed by atoms with E-state index in [1.165, 1.54) is 32.4 Å². The van der Waals surface area contributed by atoms with Crippen molar-refractivity contribution in [2.45, 2.75) is 19.3 Å². The van der Waals surface area contributed by atoms with Crippen LogP contribution in [0.1, 0.15) is 19.3 Å². The van der Waals surface area contributed by atoms with Gasteiger partial charge in [-0.2, -0.15) is 0 Å². The highest BCUT2D eigenvalue weighted by Crippen LogP contribution is 2.33. The van der Waals surface area contributed by atoms with Gasteiger partial charge in [-0.05, 0) is 25.8 Å². The van der Waals surface area contributed by atoms with Crippen molar-refractivity contribution in [3.8, 4) is 0 Å². The monoisotopic (exact) mass is 141 g/mol. The molecule has 2 aliphatic heterocycles. The van der Waals surface area contributed by atoms with Crippen LogP contribution in [0.2, 0.25) is 0 Å². The SMILES string of the molecule is C1COC[C@@]2(C1)CCNC2. The Morgan fingerprint density at radius 3 is 2.90 bits per heavy atom. The molecule has 1 atom stereocenters. The topological polar surface area (TPSA) is 21.3 Å². The van der Waals surface area contributed by atoms with Crippen LogP contribution in [0, 0.1) is 5.41 Å². The molecule has 0 aromatic carbocycles. The second kappa shape index (κ2) is 2.51. The molecule has 1 N–H and O–H groups in total. The van der Waals surface area contributed by atoms with E-state index in [0.29, 0.717) is 5.41 Å². The molecule has 2 rings (SSSR count). The molecule has 2 aliphatic rings. The minimum absolute atomic E-state index is 0.540. The van der Waals surface area contributed by atoms with Gasteiger partial charge in [0.05, 0.1) is 6.61 Å². The fraction of sp³-hybridized carbons (Fsp3) is 1.00. The van der Waals surface area contributed by atoms with Gasteiger partial charge in [0, 0.05) is 18.6 Å². The molecule has 2 saturated heterocycles. The van der Waals surface area contributed by atoms with Gasteiger partial charge in [-0.3, -0.25) is 0 Å². The average molecular weight is 141 g/mol. The molecule has 10 heavy (non-hydrogen) atoms. The van der Waals surface area contributed by atoms with Crippen LogP contribution in [-0.4, -0.2) is 26.3 Å². The van der Waals surface area contributed by atoms with E-state index in [1.54, 1.807) is 0 Å². The molecule has 58 valence electrons. The molecule has 0 aromatic rings. The lowest BCUT2D eigenvalue weighted by molar-refractivity contribution is 0.00347. The van der Waals surface area contributed by atoms with Gasteiger partial charge in [-0.15, -0.1) is 0 Å². The summed E-state index contributed by atoms with van der Waals surface area (Å²) in [6, 6.07) is 0. The average Bonchev–Trinajstić information content (AvgIpc) is 2.39. The Morgan fingerprint density at radius 1 is 1.30 bits per heavy atom. The third-order valence-electron chi connectivity index (χ3n) is 2.74. The maximum Gasteiger partial charge on any atom is 0.0535 e. The summed E-state index contributed by atoms with van der Waals surface area (Å²) in [5.74, 6) is 0. The van der Waals surface area contributed by atoms with Crippen LogP contribution in [0.15, 0.2) is 0 Å². The molecule has 1 spiro atoms. The fourth-order valence-corrected chi connectivity index (χ4v) is 2.04. The lowest BCUT2D eigenvalue weighted by atomic mass is 9.82. The zero-order chi connectivity index (χ0) is 6.86. The third-order valence-corrected chi connectivity index (χ3v) is 2.74. The van der Waals surface area contributed by atoms with Crippen molar-refractivity contribution in [3.63, 3.8) is 0 Å². The first-order chi connectivity index (χ1) is 4.91. The Hall–Kier alpha value is -0.0800. The van der Waals surface area contributed by atoms with Crippen LogP contribution in [0.5, 0.6) is 0 Å². The Bertz CT molecular complexity index is 110. The summed E-state index contributed by atoms with van der Waals surface area (Å²) in [6.07, 6.45) is 3.97. The minimum atomic E-state index is 0.540. The molecule has 0 bridgehead atoms. The summed E-state index contributed by atoms with van der Waals surface area (Å²) in [5, 5.41) is 3.40. The van der Waals surface area contributed by atoms with Gasteiger partial charge in [0.1, 0.15) is 0 Å². The molecule has 0 unspecified atom stereocenters. The molecular weight excluding hydrogens is 126 g/mol. The van der Waals surface area contributed by atoms with E-state index in [1.807, 2.05) is 0 Å². The van der Waals surface area contributed by atoms with Gasteiger partial charge in [-0.1, -0.05) is 0 Å². The Morgan fingerprint density at radius 2 is 2.30 bits per heavy atom. The second-order valence-electron chi connectivity index (χ2n) is 3.58. The van der Waals surface area contributed by atoms with Crippen LogP contribution < -0.4 is 5.32 Å². The lowest BCUT2D eigenvalue weighted by Gasteiger charge is -2.31. The maximum absolute atomic E-state index is 5.47. The molecule has 0 radical (unpaired) electrons. The summed E-state index contributed by atoms with van der Waals surface area (Å²) in [4.78, 5) is 0. The van der Waals surface area contributed by atoms with Crippen molar-refractivity contribution < 1.29 is 4.74 Å². The van der Waals surface area contributed by atoms with Crippen molar-refractivity contribution in [1.29, 1.82) is 0 Å². The predicted octanol–water partition coefficient (Wildman–Crippen LogP) is 0.776. The van der Waals surface area contributed by atoms with E-state index in [-0.39, 0.29) is 0 Å². The Balaban J connectivity index is 1.98. The molecule has 2 heteroatoms. The maximum atomic E-state index is 5.47. The van der Waals surface area contributed by atoms with E-state index in [9.17, 15) is 0 Å². The summed E-state index contributed by atoms with van der Waals surface area (Å²) in [6.45, 7) is 4.37. The molecule has 2 fully saturated rings. The summed E-state index contributed by atoms with van der Waals surface area (Å²) < 4.78 is 5.47. The number of rotatable bonds is 0. The van der Waals surface area contributed by atoms with Crippen molar-refractivity contribution >= 4 is 0 Å². The van der Waals surface area contributed by atoms with Crippen molar-refractivity contribution in [1.82, 2.24) is 5.32 Å². The third kappa shape index (κ3) is 1.06. The van der Waals surface area contributed by atoms with Crippen LogP contribution in [0.4, 0.5) is 0 Å². The van der Waals surface area contributed by atoms with E-state index in [0.717, 1.165) is 13.2 Å². The van der Waals surface area contributed by atoms with Gasteiger partial charge in [0.15, 0.2) is 0 Å². The highest BCUT2D eigenvalue weighted by atomic mass is 16.5. The van der Waals surface area contributed by atoms with Gasteiger partial charge in [0.25, 0.3) is 0 Å². The molecular formula is C8H15NO. The molecule has 0 aliphatic carbocycles. The van der Waals surface area contributed by atoms with Gasteiger partial charge < -0.3 is 10.1 Å². The summed E-state index contributed by atoms with van der Waals surface area (Å²) >= 11 is 0. The Kier molecular flexibility index (Phi) is 1.66. The van der Waals surface area contributed by atoms with Gasteiger partial charge in [0.2, 0.25) is 0 Å². The number of ether oxygens (including phenoxy) is 1. The van der Waals surface area contributed by atoms with E-state index in [4.69, 9.17) is 4.74 Å². The zero-order valence-electron chi connectivity index (χ0n) is 6.36. The molecule has 2 nitrogen and oxygen atoms in total. The van der Waals surface area contributed by atoms with Crippen LogP contribution >= 0.6 is 0 Å². The van der Waals surface area contributed by atoms with Crippen molar-refractivity contribution in [2.75, 3.05) is 26.3 Å². The van der Waals surface area contributed by atoms with Gasteiger partial charge in [-0.25, -0.2) is 0 Å². The number of hydrogen-bond acceptors (Lipinski definition) is 2. The highest BCUT2D eigenvalue weighted by molar-refractivity contribution is 4.89.